The summed E-state index contributed by atoms with van der Waals surface area (Å²) in [5, 5.41) is 11.8. The SMILES string of the molecule is CC(C)n1ccc([I-]CCC(C)n2ccc(S([NH3+])(=O)=O)n2)n1. The summed E-state index contributed by atoms with van der Waals surface area (Å²) >= 11 is -0.123. The summed E-state index contributed by atoms with van der Waals surface area (Å²) in [6, 6.07) is 4.16. The number of aromatic nitrogens is 4. The molecule has 3 N–H and O–H groups in total. The van der Waals surface area contributed by atoms with Gasteiger partial charge in [-0.1, -0.05) is 0 Å². The Morgan fingerprint density at radius 3 is 2.41 bits per heavy atom. The van der Waals surface area contributed by atoms with Crippen LogP contribution in [0.25, 0.3) is 0 Å². The molecule has 0 bridgehead atoms. The first-order chi connectivity index (χ1) is 10.3. The van der Waals surface area contributed by atoms with Crippen molar-refractivity contribution in [2.45, 2.75) is 44.3 Å². The maximum atomic E-state index is 11.3. The molecule has 2 aromatic heterocycles. The van der Waals surface area contributed by atoms with Gasteiger partial charge in [-0.3, -0.25) is 0 Å². The quantitative estimate of drug-likeness (QED) is 0.381. The second kappa shape index (κ2) is 7.09. The Morgan fingerprint density at radius 2 is 1.86 bits per heavy atom. The van der Waals surface area contributed by atoms with Crippen LogP contribution in [0.5, 0.6) is 0 Å². The zero-order valence-corrected chi connectivity index (χ0v) is 16.0. The van der Waals surface area contributed by atoms with E-state index in [2.05, 4.69) is 35.3 Å². The molecule has 0 amide bonds. The van der Waals surface area contributed by atoms with Gasteiger partial charge in [-0.25, -0.2) is 0 Å². The average Bonchev–Trinajstić information content (AvgIpc) is 3.07. The van der Waals surface area contributed by atoms with E-state index in [1.54, 1.807) is 10.9 Å². The van der Waals surface area contributed by atoms with Gasteiger partial charge in [0.2, 0.25) is 0 Å². The number of quaternary nitrogens is 1. The molecule has 7 nitrogen and oxygen atoms in total. The maximum absolute atomic E-state index is 11.3. The molecule has 0 aliphatic heterocycles. The second-order valence-electron chi connectivity index (χ2n) is 5.42. The van der Waals surface area contributed by atoms with Gasteiger partial charge in [0.25, 0.3) is 0 Å². The summed E-state index contributed by atoms with van der Waals surface area (Å²) in [5.74, 6) is 0. The first-order valence-electron chi connectivity index (χ1n) is 7.05. The molecule has 9 heteroatoms. The average molecular weight is 439 g/mol. The number of rotatable bonds is 7. The van der Waals surface area contributed by atoms with Crippen LogP contribution in [-0.4, -0.2) is 32.4 Å². The molecule has 124 valence electrons. The molecule has 22 heavy (non-hydrogen) atoms. The fourth-order valence-electron chi connectivity index (χ4n) is 1.85. The van der Waals surface area contributed by atoms with Crippen molar-refractivity contribution in [3.8, 4) is 0 Å². The molecule has 0 saturated carbocycles. The van der Waals surface area contributed by atoms with Crippen LogP contribution in [0.2, 0.25) is 0 Å². The second-order valence-corrected chi connectivity index (χ2v) is 10.0. The number of halogens is 1. The summed E-state index contributed by atoms with van der Waals surface area (Å²) in [7, 11) is -3.47. The van der Waals surface area contributed by atoms with Crippen molar-refractivity contribution in [2.24, 2.45) is 0 Å². The van der Waals surface area contributed by atoms with Crippen molar-refractivity contribution >= 4 is 10.0 Å². The number of hydrogen-bond acceptors (Lipinski definition) is 4. The van der Waals surface area contributed by atoms with Crippen LogP contribution in [0.3, 0.4) is 0 Å². The van der Waals surface area contributed by atoms with Crippen molar-refractivity contribution in [2.75, 3.05) is 4.43 Å². The Morgan fingerprint density at radius 1 is 1.18 bits per heavy atom. The third-order valence-corrected chi connectivity index (χ3v) is 6.59. The minimum atomic E-state index is -3.47. The standard InChI is InChI=1S/C13H21IN5O2S/c1-10(2)18-8-5-12(16-18)14-7-4-11(3)19-9-6-13(17-19)22(15,20)21/h5-6,8-11H,4,7H2,1-3H3,(H2,15,20,21)/q-1/p+1. The van der Waals surface area contributed by atoms with Crippen LogP contribution in [0, 0.1) is 3.70 Å². The van der Waals surface area contributed by atoms with Crippen molar-refractivity contribution in [1.82, 2.24) is 19.6 Å². The van der Waals surface area contributed by atoms with Crippen molar-refractivity contribution in [3.63, 3.8) is 0 Å². The molecular formula is C13H22IN5O2S. The number of nitrogens with zero attached hydrogens (tertiary/aromatic N) is 4. The minimum absolute atomic E-state index is 0.0322. The summed E-state index contributed by atoms with van der Waals surface area (Å²) < 4.78 is 28.6. The molecule has 0 fully saturated rings. The predicted molar refractivity (Wildman–Crippen MR) is 77.8 cm³/mol. The number of alkyl halides is 1. The van der Waals surface area contributed by atoms with E-state index in [1.165, 1.54) is 9.77 Å². The number of sulfonamides is 1. The Bertz CT molecular complexity index is 722. The van der Waals surface area contributed by atoms with Crippen LogP contribution in [0.1, 0.15) is 39.3 Å². The summed E-state index contributed by atoms with van der Waals surface area (Å²) in [5.41, 5.74) is 0. The molecule has 2 rings (SSSR count). The molecule has 1 unspecified atom stereocenters. The third kappa shape index (κ3) is 4.53. The van der Waals surface area contributed by atoms with E-state index in [-0.39, 0.29) is 32.3 Å². The zero-order chi connectivity index (χ0) is 16.3. The predicted octanol–water partition coefficient (Wildman–Crippen LogP) is -2.50. The van der Waals surface area contributed by atoms with Crippen molar-refractivity contribution in [1.29, 1.82) is 0 Å². The molecular weight excluding hydrogens is 417 g/mol. The van der Waals surface area contributed by atoms with Gasteiger partial charge >= 0.3 is 141 Å². The summed E-state index contributed by atoms with van der Waals surface area (Å²) in [6.45, 7) is 6.27. The van der Waals surface area contributed by atoms with Gasteiger partial charge in [0.1, 0.15) is 0 Å². The molecule has 0 radical (unpaired) electrons. The Labute approximate surface area is 141 Å². The van der Waals surface area contributed by atoms with E-state index < -0.39 is 10.0 Å². The first-order valence-corrected chi connectivity index (χ1v) is 11.3. The summed E-state index contributed by atoms with van der Waals surface area (Å²) in [4.78, 5) is 0. The van der Waals surface area contributed by atoms with Gasteiger partial charge in [0.15, 0.2) is 0 Å². The first kappa shape index (κ1) is 17.4. The van der Waals surface area contributed by atoms with E-state index in [0.29, 0.717) is 6.04 Å². The normalized spacial score (nSPS) is 13.9. The Hall–Kier alpha value is -0.940. The van der Waals surface area contributed by atoms with E-state index in [1.807, 2.05) is 17.8 Å². The molecule has 2 aromatic rings. The number of hydrogen-bond donors (Lipinski definition) is 1. The molecule has 0 spiro atoms. The Balaban J connectivity index is 1.87. The van der Waals surface area contributed by atoms with Crippen molar-refractivity contribution in [3.05, 3.63) is 28.2 Å². The molecule has 0 aromatic carbocycles. The van der Waals surface area contributed by atoms with Crippen LogP contribution in [0.15, 0.2) is 29.6 Å². The molecule has 0 aliphatic carbocycles. The van der Waals surface area contributed by atoms with E-state index in [9.17, 15) is 8.42 Å². The van der Waals surface area contributed by atoms with Gasteiger partial charge in [-0.05, 0) is 0 Å². The topological polar surface area (TPSA) is 97.4 Å². The van der Waals surface area contributed by atoms with Crippen LogP contribution < -0.4 is 26.3 Å². The van der Waals surface area contributed by atoms with E-state index in [4.69, 9.17) is 0 Å². The van der Waals surface area contributed by atoms with Gasteiger partial charge < -0.3 is 0 Å². The molecule has 0 aliphatic rings. The Kier molecular flexibility index (Phi) is 5.61. The zero-order valence-electron chi connectivity index (χ0n) is 13.0. The summed E-state index contributed by atoms with van der Waals surface area (Å²) in [6.07, 6.45) is 4.69. The van der Waals surface area contributed by atoms with E-state index in [0.717, 1.165) is 10.8 Å². The van der Waals surface area contributed by atoms with Gasteiger partial charge in [-0.15, -0.1) is 0 Å². The van der Waals surface area contributed by atoms with E-state index >= 15 is 0 Å². The van der Waals surface area contributed by atoms with Gasteiger partial charge in [0.05, 0.1) is 0 Å². The monoisotopic (exact) mass is 439 g/mol. The molecule has 2 heterocycles. The van der Waals surface area contributed by atoms with Crippen LogP contribution in [-0.2, 0) is 10.0 Å². The van der Waals surface area contributed by atoms with Crippen LogP contribution >= 0.6 is 0 Å². The molecule has 0 saturated heterocycles. The van der Waals surface area contributed by atoms with Crippen molar-refractivity contribution < 1.29 is 34.8 Å². The van der Waals surface area contributed by atoms with Gasteiger partial charge in [0, 0.05) is 0 Å². The third-order valence-electron chi connectivity index (χ3n) is 3.22. The fraction of sp³-hybridized carbons (Fsp3) is 0.538. The van der Waals surface area contributed by atoms with Crippen LogP contribution in [0.4, 0.5) is 0 Å². The fourth-order valence-corrected chi connectivity index (χ4v) is 4.92. The van der Waals surface area contributed by atoms with Gasteiger partial charge in [-0.2, -0.15) is 0 Å². The molecule has 1 atom stereocenters.